The van der Waals surface area contributed by atoms with E-state index in [4.69, 9.17) is 16.3 Å². The second kappa shape index (κ2) is 6.87. The minimum Gasteiger partial charge on any atom is -0.452 e. The van der Waals surface area contributed by atoms with Gasteiger partial charge in [0.1, 0.15) is 5.69 Å². The highest BCUT2D eigenvalue weighted by Crippen LogP contribution is 2.21. The Bertz CT molecular complexity index is 793. The quantitative estimate of drug-likeness (QED) is 0.747. The summed E-state index contributed by atoms with van der Waals surface area (Å²) in [4.78, 5) is 25.8. The van der Waals surface area contributed by atoms with Crippen LogP contribution in [0.2, 0.25) is 5.02 Å². The number of hydrogen-bond donors (Lipinski definition) is 0. The van der Waals surface area contributed by atoms with Crippen LogP contribution in [0.1, 0.15) is 29.9 Å². The zero-order valence-electron chi connectivity index (χ0n) is 14.4. The van der Waals surface area contributed by atoms with Gasteiger partial charge >= 0.3 is 5.97 Å². The van der Waals surface area contributed by atoms with Crippen LogP contribution in [0.25, 0.3) is 0 Å². The molecule has 9 heteroatoms. The second-order valence-corrected chi connectivity index (χ2v) is 6.62. The molecule has 0 N–H and O–H groups in total. The number of nitrogens with zero attached hydrogens (tertiary/aromatic N) is 5. The summed E-state index contributed by atoms with van der Waals surface area (Å²) >= 11 is 6.18. The van der Waals surface area contributed by atoms with E-state index in [1.54, 1.807) is 27.5 Å². The molecule has 0 bridgehead atoms. The number of carbonyl (C=O) groups is 2. The van der Waals surface area contributed by atoms with Crippen LogP contribution in [0, 0.1) is 6.92 Å². The van der Waals surface area contributed by atoms with E-state index in [9.17, 15) is 9.59 Å². The molecule has 3 rings (SSSR count). The summed E-state index contributed by atoms with van der Waals surface area (Å²) in [5, 5.41) is 9.18. The topological polar surface area (TPSA) is 82.2 Å². The Morgan fingerprint density at radius 3 is 2.68 bits per heavy atom. The van der Waals surface area contributed by atoms with Gasteiger partial charge in [0.05, 0.1) is 23.8 Å². The first-order valence-corrected chi connectivity index (χ1v) is 8.37. The van der Waals surface area contributed by atoms with Gasteiger partial charge in [0.2, 0.25) is 0 Å². The molecule has 0 saturated carbocycles. The minimum absolute atomic E-state index is 0.224. The number of ether oxygens (including phenoxy) is 1. The van der Waals surface area contributed by atoms with Gasteiger partial charge in [-0.3, -0.25) is 19.0 Å². The van der Waals surface area contributed by atoms with E-state index in [-0.39, 0.29) is 24.8 Å². The van der Waals surface area contributed by atoms with E-state index >= 15 is 0 Å². The Morgan fingerprint density at radius 1 is 1.40 bits per heavy atom. The Labute approximate surface area is 150 Å². The summed E-state index contributed by atoms with van der Waals surface area (Å²) < 4.78 is 8.48. The number of aryl methyl sites for hydroxylation is 3. The van der Waals surface area contributed by atoms with Gasteiger partial charge < -0.3 is 9.64 Å². The lowest BCUT2D eigenvalue weighted by Crippen LogP contribution is -2.38. The van der Waals surface area contributed by atoms with Gasteiger partial charge in [0.25, 0.3) is 5.91 Å². The number of aromatic nitrogens is 4. The van der Waals surface area contributed by atoms with Crippen molar-refractivity contribution in [2.75, 3.05) is 0 Å². The molecule has 0 spiro atoms. The third-order valence-corrected chi connectivity index (χ3v) is 4.50. The molecule has 1 atom stereocenters. The summed E-state index contributed by atoms with van der Waals surface area (Å²) in [6.07, 6.45) is 1.59. The summed E-state index contributed by atoms with van der Waals surface area (Å²) in [7, 11) is 3.61. The van der Waals surface area contributed by atoms with Gasteiger partial charge in [-0.2, -0.15) is 10.2 Å². The molecule has 1 saturated heterocycles. The molecule has 0 aromatic carbocycles. The van der Waals surface area contributed by atoms with Crippen LogP contribution in [-0.2, 0) is 41.5 Å². The van der Waals surface area contributed by atoms with E-state index in [0.29, 0.717) is 23.7 Å². The summed E-state index contributed by atoms with van der Waals surface area (Å²) in [5.41, 5.74) is 2.34. The van der Waals surface area contributed by atoms with Gasteiger partial charge in [-0.15, -0.1) is 0 Å². The fourth-order valence-electron chi connectivity index (χ4n) is 2.82. The molecule has 25 heavy (non-hydrogen) atoms. The van der Waals surface area contributed by atoms with E-state index in [0.717, 1.165) is 11.4 Å². The van der Waals surface area contributed by atoms with Crippen molar-refractivity contribution < 1.29 is 14.3 Å². The fraction of sp³-hybridized carbons (Fsp3) is 0.500. The molecule has 0 radical (unpaired) electrons. The van der Waals surface area contributed by atoms with Crippen LogP contribution in [0.15, 0.2) is 12.3 Å². The van der Waals surface area contributed by atoms with Crippen LogP contribution in [-0.4, -0.2) is 42.4 Å². The Balaban J connectivity index is 1.83. The van der Waals surface area contributed by atoms with Crippen molar-refractivity contribution >= 4 is 23.5 Å². The minimum atomic E-state index is -0.750. The molecule has 134 valence electrons. The van der Waals surface area contributed by atoms with E-state index < -0.39 is 6.10 Å². The summed E-state index contributed by atoms with van der Waals surface area (Å²) in [5.74, 6) is -0.598. The van der Waals surface area contributed by atoms with Crippen molar-refractivity contribution in [3.8, 4) is 0 Å². The average molecular weight is 366 g/mol. The third-order valence-electron chi connectivity index (χ3n) is 4.18. The lowest BCUT2D eigenvalue weighted by molar-refractivity contribution is -0.153. The number of halogens is 1. The van der Waals surface area contributed by atoms with Gasteiger partial charge in [-0.05, 0) is 13.0 Å². The maximum absolute atomic E-state index is 12.8. The SMILES string of the molecule is Cc1cc(CN(Cc2nn(C)cc2Cl)C(=O)[C@H]2CCC(=O)O2)nn1C. The van der Waals surface area contributed by atoms with E-state index in [1.807, 2.05) is 20.0 Å². The van der Waals surface area contributed by atoms with Gasteiger partial charge in [-0.1, -0.05) is 11.6 Å². The maximum Gasteiger partial charge on any atom is 0.306 e. The van der Waals surface area contributed by atoms with Crippen molar-refractivity contribution in [2.45, 2.75) is 39.0 Å². The van der Waals surface area contributed by atoms with Gasteiger partial charge in [-0.25, -0.2) is 0 Å². The van der Waals surface area contributed by atoms with Gasteiger partial charge in [0, 0.05) is 38.8 Å². The first kappa shape index (κ1) is 17.5. The standard InChI is InChI=1S/C16H20ClN5O3/c1-10-6-11(18-21(10)3)7-22(9-13-12(17)8-20(2)19-13)16(24)14-4-5-15(23)25-14/h6,8,14H,4-5,7,9H2,1-3H3/t14-/m1/s1. The van der Waals surface area contributed by atoms with Crippen molar-refractivity contribution in [2.24, 2.45) is 14.1 Å². The molecule has 0 unspecified atom stereocenters. The molecular weight excluding hydrogens is 346 g/mol. The first-order valence-electron chi connectivity index (χ1n) is 7.99. The van der Waals surface area contributed by atoms with Crippen molar-refractivity contribution in [3.63, 3.8) is 0 Å². The first-order chi connectivity index (χ1) is 11.8. The van der Waals surface area contributed by atoms with Gasteiger partial charge in [0.15, 0.2) is 6.10 Å². The van der Waals surface area contributed by atoms with Crippen LogP contribution < -0.4 is 0 Å². The molecular formula is C16H20ClN5O3. The summed E-state index contributed by atoms with van der Waals surface area (Å²) in [6, 6.07) is 1.92. The molecule has 2 aromatic heterocycles. The Hall–Kier alpha value is -2.35. The second-order valence-electron chi connectivity index (χ2n) is 6.21. The highest BCUT2D eigenvalue weighted by atomic mass is 35.5. The largest absolute Gasteiger partial charge is 0.452 e. The number of carbonyl (C=O) groups excluding carboxylic acids is 2. The predicted molar refractivity (Wildman–Crippen MR) is 89.5 cm³/mol. The lowest BCUT2D eigenvalue weighted by Gasteiger charge is -2.23. The molecule has 8 nitrogen and oxygen atoms in total. The third kappa shape index (κ3) is 3.84. The summed E-state index contributed by atoms with van der Waals surface area (Å²) in [6.45, 7) is 2.46. The highest BCUT2D eigenvalue weighted by molar-refractivity contribution is 6.31. The monoisotopic (exact) mass is 365 g/mol. The van der Waals surface area contributed by atoms with Crippen LogP contribution in [0.3, 0.4) is 0 Å². The number of cyclic esters (lactones) is 1. The van der Waals surface area contributed by atoms with Crippen molar-refractivity contribution in [1.82, 2.24) is 24.5 Å². The molecule has 1 fully saturated rings. The van der Waals surface area contributed by atoms with E-state index in [2.05, 4.69) is 10.2 Å². The lowest BCUT2D eigenvalue weighted by atomic mass is 10.2. The van der Waals surface area contributed by atoms with Crippen molar-refractivity contribution in [1.29, 1.82) is 0 Å². The Kier molecular flexibility index (Phi) is 4.80. The molecule has 1 amide bonds. The van der Waals surface area contributed by atoms with Crippen LogP contribution in [0.5, 0.6) is 0 Å². The fourth-order valence-corrected chi connectivity index (χ4v) is 3.05. The molecule has 2 aromatic rings. The highest BCUT2D eigenvalue weighted by Gasteiger charge is 2.34. The van der Waals surface area contributed by atoms with Crippen molar-refractivity contribution in [3.05, 3.63) is 34.4 Å². The number of amides is 1. The molecule has 3 heterocycles. The number of esters is 1. The predicted octanol–water partition coefficient (Wildman–Crippen LogP) is 1.35. The van der Waals surface area contributed by atoms with Crippen LogP contribution in [0.4, 0.5) is 0 Å². The zero-order valence-corrected chi connectivity index (χ0v) is 15.2. The number of rotatable bonds is 5. The average Bonchev–Trinajstić information content (AvgIpc) is 3.19. The molecule has 0 aliphatic carbocycles. The molecule has 1 aliphatic heterocycles. The Morgan fingerprint density at radius 2 is 2.16 bits per heavy atom. The smallest absolute Gasteiger partial charge is 0.306 e. The number of hydrogen-bond acceptors (Lipinski definition) is 5. The van der Waals surface area contributed by atoms with E-state index in [1.165, 1.54) is 0 Å². The normalized spacial score (nSPS) is 17.0. The maximum atomic E-state index is 12.8. The zero-order chi connectivity index (χ0) is 18.1. The van der Waals surface area contributed by atoms with Crippen LogP contribution >= 0.6 is 11.6 Å². The molecule has 1 aliphatic rings.